The fourth-order valence-corrected chi connectivity index (χ4v) is 3.66. The van der Waals surface area contributed by atoms with Crippen molar-refractivity contribution >= 4 is 28.9 Å². The van der Waals surface area contributed by atoms with Gasteiger partial charge in [-0.05, 0) is 18.6 Å². The summed E-state index contributed by atoms with van der Waals surface area (Å²) in [5.41, 5.74) is 4.52. The minimum atomic E-state index is -0.942. The van der Waals surface area contributed by atoms with Gasteiger partial charge in [-0.3, -0.25) is 25.2 Å². The molecule has 0 spiro atoms. The molecule has 2 amide bonds. The molecule has 0 aliphatic carbocycles. The van der Waals surface area contributed by atoms with E-state index >= 15 is 0 Å². The van der Waals surface area contributed by atoms with Crippen molar-refractivity contribution in [3.05, 3.63) is 51.9 Å². The zero-order valence-corrected chi connectivity index (χ0v) is 17.6. The van der Waals surface area contributed by atoms with Gasteiger partial charge in [0.1, 0.15) is 11.1 Å². The number of nitrogens with zero attached hydrogens (tertiary/aromatic N) is 3. The number of rotatable bonds is 3. The smallest absolute Gasteiger partial charge is 0.315 e. The molecule has 3 N–H and O–H groups in total. The molecule has 0 bridgehead atoms. The standard InChI is InChI=1S/C19H17N5O6.C2H6/c25-15-10(17(27)21-22-19-20-11-4-1-2-5-12(11)30-19)8-23-9-13-24(6-3-7-29-13)18(28)14(23)16(15)26;1-2/h1-2,4-5,8,13,26H,3,6-7,9H2,(H,20,22)(H,21,27);1-2H3. The van der Waals surface area contributed by atoms with Crippen molar-refractivity contribution in [3.63, 3.8) is 0 Å². The minimum Gasteiger partial charge on any atom is -0.503 e. The van der Waals surface area contributed by atoms with E-state index in [1.54, 1.807) is 24.3 Å². The molecule has 168 valence electrons. The molecule has 3 aromatic rings. The fraction of sp³-hybridized carbons (Fsp3) is 0.333. The number of aromatic hydroxyl groups is 1. The summed E-state index contributed by atoms with van der Waals surface area (Å²) >= 11 is 0. The van der Waals surface area contributed by atoms with Crippen molar-refractivity contribution in [1.29, 1.82) is 0 Å². The highest BCUT2D eigenvalue weighted by atomic mass is 16.5. The van der Waals surface area contributed by atoms with Crippen LogP contribution in [0.2, 0.25) is 0 Å². The second-order valence-corrected chi connectivity index (χ2v) is 6.96. The SMILES string of the molecule is CC.O=C(NNc1nc2ccccc2o1)c1cn2c(c(O)c1=O)C(=O)N1CCCOC1C2. The largest absolute Gasteiger partial charge is 0.503 e. The number of anilines is 1. The van der Waals surface area contributed by atoms with Crippen molar-refractivity contribution in [1.82, 2.24) is 19.9 Å². The lowest BCUT2D eigenvalue weighted by atomic mass is 10.1. The van der Waals surface area contributed by atoms with E-state index in [1.165, 1.54) is 15.7 Å². The minimum absolute atomic E-state index is 0.0354. The van der Waals surface area contributed by atoms with E-state index in [0.29, 0.717) is 30.7 Å². The number of carbonyl (C=O) groups is 2. The van der Waals surface area contributed by atoms with Crippen LogP contribution in [0.15, 0.2) is 39.7 Å². The Labute approximate surface area is 182 Å². The van der Waals surface area contributed by atoms with E-state index in [0.717, 1.165) is 0 Å². The van der Waals surface area contributed by atoms with Gasteiger partial charge in [-0.1, -0.05) is 26.0 Å². The second kappa shape index (κ2) is 8.71. The van der Waals surface area contributed by atoms with Gasteiger partial charge in [-0.15, -0.1) is 0 Å². The maximum absolute atomic E-state index is 12.7. The first-order valence-electron chi connectivity index (χ1n) is 10.3. The van der Waals surface area contributed by atoms with E-state index in [4.69, 9.17) is 9.15 Å². The third-order valence-corrected chi connectivity index (χ3v) is 5.10. The molecule has 1 saturated heterocycles. The molecule has 1 unspecified atom stereocenters. The van der Waals surface area contributed by atoms with Gasteiger partial charge in [0.25, 0.3) is 11.8 Å². The summed E-state index contributed by atoms with van der Waals surface area (Å²) in [6.45, 7) is 5.19. The van der Waals surface area contributed by atoms with E-state index in [2.05, 4.69) is 15.8 Å². The Kier molecular flexibility index (Phi) is 5.82. The maximum atomic E-state index is 12.7. The number of hydrogen-bond donors (Lipinski definition) is 3. The lowest BCUT2D eigenvalue weighted by Gasteiger charge is -2.40. The molecule has 2 aliphatic heterocycles. The number of aromatic nitrogens is 2. The van der Waals surface area contributed by atoms with Gasteiger partial charge in [-0.25, -0.2) is 0 Å². The molecule has 2 aromatic heterocycles. The van der Waals surface area contributed by atoms with Crippen LogP contribution in [-0.2, 0) is 11.3 Å². The Morgan fingerprint density at radius 1 is 1.25 bits per heavy atom. The van der Waals surface area contributed by atoms with Crippen LogP contribution in [-0.4, -0.2) is 50.8 Å². The third-order valence-electron chi connectivity index (χ3n) is 5.10. The van der Waals surface area contributed by atoms with Crippen LogP contribution < -0.4 is 16.3 Å². The summed E-state index contributed by atoms with van der Waals surface area (Å²) in [5, 5.41) is 10.4. The number of fused-ring (bicyclic) bond motifs is 3. The van der Waals surface area contributed by atoms with Crippen molar-refractivity contribution in [3.8, 4) is 5.75 Å². The van der Waals surface area contributed by atoms with Gasteiger partial charge >= 0.3 is 6.01 Å². The molecule has 4 heterocycles. The summed E-state index contributed by atoms with van der Waals surface area (Å²) in [7, 11) is 0. The van der Waals surface area contributed by atoms with Crippen LogP contribution in [0.5, 0.6) is 5.75 Å². The average molecular weight is 441 g/mol. The number of benzene rings is 1. The van der Waals surface area contributed by atoms with Crippen LogP contribution in [0, 0.1) is 0 Å². The van der Waals surface area contributed by atoms with Crippen molar-refractivity contribution in [2.75, 3.05) is 18.6 Å². The Bertz CT molecular complexity index is 1200. The Morgan fingerprint density at radius 2 is 2.03 bits per heavy atom. The van der Waals surface area contributed by atoms with Crippen molar-refractivity contribution in [2.45, 2.75) is 33.0 Å². The van der Waals surface area contributed by atoms with Gasteiger partial charge in [0.2, 0.25) is 5.43 Å². The summed E-state index contributed by atoms with van der Waals surface area (Å²) < 4.78 is 12.4. The first-order chi connectivity index (χ1) is 15.5. The van der Waals surface area contributed by atoms with Crippen molar-refractivity contribution in [2.24, 2.45) is 0 Å². The molecular formula is C21H23N5O6. The fourth-order valence-electron chi connectivity index (χ4n) is 3.66. The first kappa shape index (κ1) is 21.4. The van der Waals surface area contributed by atoms with Gasteiger partial charge in [-0.2, -0.15) is 4.98 Å². The Morgan fingerprint density at radius 3 is 2.81 bits per heavy atom. The quantitative estimate of drug-likeness (QED) is 0.522. The normalized spacial score (nSPS) is 17.1. The number of hydrogen-bond acceptors (Lipinski definition) is 8. The lowest BCUT2D eigenvalue weighted by Crippen LogP contribution is -2.53. The Balaban J connectivity index is 0.00000119. The predicted molar refractivity (Wildman–Crippen MR) is 114 cm³/mol. The molecule has 2 aliphatic rings. The van der Waals surface area contributed by atoms with E-state index in [9.17, 15) is 19.5 Å². The van der Waals surface area contributed by atoms with Gasteiger partial charge in [0, 0.05) is 12.7 Å². The molecule has 11 nitrogen and oxygen atoms in total. The lowest BCUT2D eigenvalue weighted by molar-refractivity contribution is -0.0920. The van der Waals surface area contributed by atoms with Crippen LogP contribution >= 0.6 is 0 Å². The number of carbonyl (C=O) groups excluding carboxylic acids is 2. The van der Waals surface area contributed by atoms with Gasteiger partial charge in [0.15, 0.2) is 23.3 Å². The maximum Gasteiger partial charge on any atom is 0.315 e. The molecule has 1 atom stereocenters. The van der Waals surface area contributed by atoms with E-state index in [1.807, 2.05) is 13.8 Å². The zero-order chi connectivity index (χ0) is 22.8. The number of pyridine rings is 1. The third kappa shape index (κ3) is 3.66. The van der Waals surface area contributed by atoms with Crippen LogP contribution in [0.3, 0.4) is 0 Å². The summed E-state index contributed by atoms with van der Waals surface area (Å²) in [6.07, 6.45) is 1.41. The second-order valence-electron chi connectivity index (χ2n) is 6.96. The predicted octanol–water partition coefficient (Wildman–Crippen LogP) is 1.68. The first-order valence-corrected chi connectivity index (χ1v) is 10.3. The molecule has 0 radical (unpaired) electrons. The van der Waals surface area contributed by atoms with Crippen LogP contribution in [0.4, 0.5) is 6.01 Å². The average Bonchev–Trinajstić information content (AvgIpc) is 3.24. The van der Waals surface area contributed by atoms with Gasteiger partial charge < -0.3 is 23.7 Å². The monoisotopic (exact) mass is 441 g/mol. The van der Waals surface area contributed by atoms with Crippen LogP contribution in [0.1, 0.15) is 41.1 Å². The highest BCUT2D eigenvalue weighted by Crippen LogP contribution is 2.26. The molecular weight excluding hydrogens is 418 g/mol. The molecule has 11 heteroatoms. The topological polar surface area (TPSA) is 139 Å². The summed E-state index contributed by atoms with van der Waals surface area (Å²) in [5.74, 6) is -2.08. The molecule has 32 heavy (non-hydrogen) atoms. The summed E-state index contributed by atoms with van der Waals surface area (Å²) in [6, 6.07) is 7.07. The van der Waals surface area contributed by atoms with E-state index in [-0.39, 0.29) is 23.8 Å². The number of amides is 2. The molecule has 5 rings (SSSR count). The Hall–Kier alpha value is -3.86. The summed E-state index contributed by atoms with van der Waals surface area (Å²) in [4.78, 5) is 43.4. The highest BCUT2D eigenvalue weighted by Gasteiger charge is 2.38. The molecule has 1 aromatic carbocycles. The number of hydrazine groups is 1. The number of nitrogens with one attached hydrogen (secondary N) is 2. The molecule has 1 fully saturated rings. The van der Waals surface area contributed by atoms with Gasteiger partial charge in [0.05, 0.1) is 13.2 Å². The zero-order valence-electron chi connectivity index (χ0n) is 17.6. The van der Waals surface area contributed by atoms with E-state index < -0.39 is 29.2 Å². The number of oxazole rings is 1. The van der Waals surface area contributed by atoms with Crippen LogP contribution in [0.25, 0.3) is 11.1 Å². The number of para-hydroxylation sites is 2. The molecule has 0 saturated carbocycles. The number of ether oxygens (including phenoxy) is 1. The van der Waals surface area contributed by atoms with Crippen molar-refractivity contribution < 1.29 is 23.8 Å². The highest BCUT2D eigenvalue weighted by molar-refractivity contribution is 5.99.